The zero-order chi connectivity index (χ0) is 22.8. The van der Waals surface area contributed by atoms with E-state index < -0.39 is 0 Å². The van der Waals surface area contributed by atoms with Gasteiger partial charge >= 0.3 is 0 Å². The van der Waals surface area contributed by atoms with E-state index in [2.05, 4.69) is 28.5 Å². The van der Waals surface area contributed by atoms with Crippen LogP contribution in [-0.4, -0.2) is 22.1 Å². The van der Waals surface area contributed by atoms with E-state index in [1.807, 2.05) is 39.8 Å². The number of aryl methyl sites for hydroxylation is 3. The Balaban J connectivity index is 1.71. The predicted octanol–water partition coefficient (Wildman–Crippen LogP) is 5.09. The Morgan fingerprint density at radius 1 is 1.16 bits per heavy atom. The van der Waals surface area contributed by atoms with E-state index in [1.54, 1.807) is 12.1 Å². The number of para-hydroxylation sites is 2. The largest absolute Gasteiger partial charge is 0.492 e. The molecule has 7 heteroatoms. The third-order valence-corrected chi connectivity index (χ3v) is 6.31. The third-order valence-electron chi connectivity index (χ3n) is 5.29. The molecule has 6 nitrogen and oxygen atoms in total. The maximum Gasteiger partial charge on any atom is 0.263 e. The number of benzene rings is 2. The molecular formula is C25H25N3O3S. The van der Waals surface area contributed by atoms with Crippen molar-refractivity contribution in [2.24, 2.45) is 0 Å². The Morgan fingerprint density at radius 3 is 2.72 bits per heavy atom. The molecule has 4 aromatic rings. The van der Waals surface area contributed by atoms with Crippen molar-refractivity contribution in [3.8, 4) is 16.9 Å². The summed E-state index contributed by atoms with van der Waals surface area (Å²) < 4.78 is 6.93. The van der Waals surface area contributed by atoms with Crippen LogP contribution in [0.25, 0.3) is 21.3 Å². The van der Waals surface area contributed by atoms with E-state index in [4.69, 9.17) is 4.74 Å². The van der Waals surface area contributed by atoms with Crippen LogP contribution in [0.4, 0.5) is 5.69 Å². The molecule has 164 valence electrons. The number of thiophene rings is 1. The Kier molecular flexibility index (Phi) is 6.10. The standard InChI is InChI=1S/C25H25N3O3S/c1-5-31-20-9-7-6-8-19(20)27-21(29)13-28-14-26-24-23(25(28)30)22(17(4)32-24)18-12-15(2)10-11-16(18)3/h6-12,14H,5,13H2,1-4H3,(H,27,29). The molecule has 2 aromatic heterocycles. The van der Waals surface area contributed by atoms with Crippen LogP contribution in [0.15, 0.2) is 53.6 Å². The average Bonchev–Trinajstić information content (AvgIpc) is 3.10. The van der Waals surface area contributed by atoms with Gasteiger partial charge < -0.3 is 10.1 Å². The van der Waals surface area contributed by atoms with Gasteiger partial charge in [-0.15, -0.1) is 11.3 Å². The number of carbonyl (C=O) groups is 1. The van der Waals surface area contributed by atoms with E-state index in [9.17, 15) is 9.59 Å². The molecule has 0 bridgehead atoms. The van der Waals surface area contributed by atoms with Crippen molar-refractivity contribution in [2.45, 2.75) is 34.2 Å². The SMILES string of the molecule is CCOc1ccccc1NC(=O)Cn1cnc2sc(C)c(-c3cc(C)ccc3C)c2c1=O. The van der Waals surface area contributed by atoms with Crippen LogP contribution < -0.4 is 15.6 Å². The lowest BCUT2D eigenvalue weighted by Crippen LogP contribution is -2.28. The van der Waals surface area contributed by atoms with Crippen molar-refractivity contribution in [2.75, 3.05) is 11.9 Å². The number of aromatic nitrogens is 2. The minimum absolute atomic E-state index is 0.136. The first kappa shape index (κ1) is 21.8. The lowest BCUT2D eigenvalue weighted by molar-refractivity contribution is -0.116. The van der Waals surface area contributed by atoms with Gasteiger partial charge in [-0.1, -0.05) is 35.9 Å². The molecule has 0 saturated carbocycles. The minimum Gasteiger partial charge on any atom is -0.492 e. The van der Waals surface area contributed by atoms with Crippen LogP contribution in [0.1, 0.15) is 22.9 Å². The number of nitrogens with zero attached hydrogens (tertiary/aromatic N) is 2. The summed E-state index contributed by atoms with van der Waals surface area (Å²) in [6.45, 7) is 8.32. The van der Waals surface area contributed by atoms with Gasteiger partial charge in [0.15, 0.2) is 0 Å². The number of carbonyl (C=O) groups excluding carboxylic acids is 1. The third kappa shape index (κ3) is 4.16. The van der Waals surface area contributed by atoms with E-state index in [1.165, 1.54) is 22.2 Å². The molecule has 1 N–H and O–H groups in total. The highest BCUT2D eigenvalue weighted by atomic mass is 32.1. The quantitative estimate of drug-likeness (QED) is 0.447. The number of fused-ring (bicyclic) bond motifs is 1. The van der Waals surface area contributed by atoms with Crippen molar-refractivity contribution < 1.29 is 9.53 Å². The first-order valence-electron chi connectivity index (χ1n) is 10.5. The van der Waals surface area contributed by atoms with Crippen molar-refractivity contribution in [1.82, 2.24) is 9.55 Å². The number of amides is 1. The topological polar surface area (TPSA) is 73.2 Å². The van der Waals surface area contributed by atoms with Gasteiger partial charge in [-0.25, -0.2) is 4.98 Å². The van der Waals surface area contributed by atoms with Gasteiger partial charge in [0.25, 0.3) is 5.56 Å². The van der Waals surface area contributed by atoms with Crippen molar-refractivity contribution in [3.63, 3.8) is 0 Å². The Hall–Kier alpha value is -3.45. The number of ether oxygens (including phenoxy) is 1. The number of hydrogen-bond donors (Lipinski definition) is 1. The summed E-state index contributed by atoms with van der Waals surface area (Å²) in [4.78, 5) is 32.3. The molecule has 0 aliphatic heterocycles. The van der Waals surface area contributed by atoms with Crippen molar-refractivity contribution in [1.29, 1.82) is 0 Å². The minimum atomic E-state index is -0.319. The molecule has 0 unspecified atom stereocenters. The molecule has 2 aromatic carbocycles. The van der Waals surface area contributed by atoms with Crippen LogP contribution in [0.2, 0.25) is 0 Å². The molecule has 0 radical (unpaired) electrons. The van der Waals surface area contributed by atoms with Crippen LogP contribution in [-0.2, 0) is 11.3 Å². The van der Waals surface area contributed by atoms with Crippen LogP contribution in [0.3, 0.4) is 0 Å². The predicted molar refractivity (Wildman–Crippen MR) is 130 cm³/mol. The monoisotopic (exact) mass is 447 g/mol. The number of rotatable bonds is 6. The van der Waals surface area contributed by atoms with Gasteiger partial charge in [0.1, 0.15) is 17.1 Å². The molecule has 0 fully saturated rings. The lowest BCUT2D eigenvalue weighted by Gasteiger charge is -2.12. The van der Waals surface area contributed by atoms with Crippen LogP contribution in [0, 0.1) is 20.8 Å². The molecule has 0 aliphatic rings. The first-order chi connectivity index (χ1) is 15.4. The normalized spacial score (nSPS) is 11.0. The van der Waals surface area contributed by atoms with Gasteiger partial charge in [0, 0.05) is 10.4 Å². The molecule has 0 saturated heterocycles. The highest BCUT2D eigenvalue weighted by Crippen LogP contribution is 2.37. The molecule has 0 aliphatic carbocycles. The van der Waals surface area contributed by atoms with Crippen molar-refractivity contribution >= 4 is 33.1 Å². The summed E-state index contributed by atoms with van der Waals surface area (Å²) in [7, 11) is 0. The van der Waals surface area contributed by atoms with E-state index in [0.717, 1.165) is 27.1 Å². The molecule has 0 spiro atoms. The summed E-state index contributed by atoms with van der Waals surface area (Å²) in [5, 5.41) is 3.40. The summed E-state index contributed by atoms with van der Waals surface area (Å²) in [5.74, 6) is 0.274. The van der Waals surface area contributed by atoms with Crippen LogP contribution >= 0.6 is 11.3 Å². The fourth-order valence-corrected chi connectivity index (χ4v) is 4.77. The maximum absolute atomic E-state index is 13.4. The second kappa shape index (κ2) is 8.96. The second-order valence-corrected chi connectivity index (χ2v) is 8.89. The Labute approximate surface area is 190 Å². The molecule has 32 heavy (non-hydrogen) atoms. The fourth-order valence-electron chi connectivity index (χ4n) is 3.78. The lowest BCUT2D eigenvalue weighted by atomic mass is 9.97. The highest BCUT2D eigenvalue weighted by molar-refractivity contribution is 7.19. The van der Waals surface area contributed by atoms with Gasteiger partial charge in [-0.3, -0.25) is 14.2 Å². The fraction of sp³-hybridized carbons (Fsp3) is 0.240. The zero-order valence-electron chi connectivity index (χ0n) is 18.6. The second-order valence-electron chi connectivity index (χ2n) is 7.69. The molecule has 1 amide bonds. The Morgan fingerprint density at radius 2 is 1.94 bits per heavy atom. The molecule has 0 atom stereocenters. The van der Waals surface area contributed by atoms with Crippen molar-refractivity contribution in [3.05, 3.63) is 75.1 Å². The number of anilines is 1. The first-order valence-corrected chi connectivity index (χ1v) is 11.3. The molecular weight excluding hydrogens is 422 g/mol. The highest BCUT2D eigenvalue weighted by Gasteiger charge is 2.19. The van der Waals surface area contributed by atoms with E-state index in [0.29, 0.717) is 28.3 Å². The summed E-state index contributed by atoms with van der Waals surface area (Å²) in [6, 6.07) is 13.4. The van der Waals surface area contributed by atoms with Gasteiger partial charge in [-0.05, 0) is 51.0 Å². The van der Waals surface area contributed by atoms with Gasteiger partial charge in [0.05, 0.1) is 24.0 Å². The summed E-state index contributed by atoms with van der Waals surface area (Å²) in [5.41, 5.74) is 4.51. The average molecular weight is 448 g/mol. The molecule has 2 heterocycles. The van der Waals surface area contributed by atoms with Crippen LogP contribution in [0.5, 0.6) is 5.75 Å². The summed E-state index contributed by atoms with van der Waals surface area (Å²) in [6.07, 6.45) is 1.45. The number of hydrogen-bond acceptors (Lipinski definition) is 5. The van der Waals surface area contributed by atoms with E-state index in [-0.39, 0.29) is 18.0 Å². The zero-order valence-corrected chi connectivity index (χ0v) is 19.4. The van der Waals surface area contributed by atoms with E-state index >= 15 is 0 Å². The Bertz CT molecular complexity index is 1370. The number of nitrogens with one attached hydrogen (secondary N) is 1. The summed E-state index contributed by atoms with van der Waals surface area (Å²) >= 11 is 1.50. The maximum atomic E-state index is 13.4. The smallest absolute Gasteiger partial charge is 0.263 e. The van der Waals surface area contributed by atoms with Gasteiger partial charge in [0.2, 0.25) is 5.91 Å². The van der Waals surface area contributed by atoms with Gasteiger partial charge in [-0.2, -0.15) is 0 Å². The molecule has 4 rings (SSSR count).